The predicted molar refractivity (Wildman–Crippen MR) is 81.2 cm³/mol. The van der Waals surface area contributed by atoms with Gasteiger partial charge in [0, 0.05) is 17.8 Å². The Morgan fingerprint density at radius 2 is 1.70 bits per heavy atom. The number of pyridine rings is 3. The number of aromatic nitrogens is 3. The Kier molecular flexibility index (Phi) is 4.47. The third-order valence-corrected chi connectivity index (χ3v) is 3.73. The zero-order chi connectivity index (χ0) is 19.8. The first kappa shape index (κ1) is 18.6. The van der Waals surface area contributed by atoms with Crippen molar-refractivity contribution in [1.82, 2.24) is 15.0 Å². The summed E-state index contributed by atoms with van der Waals surface area (Å²) >= 11 is 0. The minimum atomic E-state index is -5.08. The second-order valence-corrected chi connectivity index (χ2v) is 5.51. The van der Waals surface area contributed by atoms with Crippen molar-refractivity contribution in [3.8, 4) is 6.07 Å². The van der Waals surface area contributed by atoms with Crippen LogP contribution in [0.25, 0.3) is 11.0 Å². The van der Waals surface area contributed by atoms with Crippen molar-refractivity contribution in [3.05, 3.63) is 65.2 Å². The van der Waals surface area contributed by atoms with Gasteiger partial charge in [0.15, 0.2) is 5.65 Å². The lowest BCUT2D eigenvalue weighted by Crippen LogP contribution is -2.14. The average molecular weight is 382 g/mol. The molecule has 0 N–H and O–H groups in total. The summed E-state index contributed by atoms with van der Waals surface area (Å²) in [5.41, 5.74) is -3.57. The molecule has 138 valence electrons. The summed E-state index contributed by atoms with van der Waals surface area (Å²) in [5, 5.41) is 8.79. The van der Waals surface area contributed by atoms with E-state index in [1.54, 1.807) is 12.1 Å². The molecule has 3 rings (SSSR count). The summed E-state index contributed by atoms with van der Waals surface area (Å²) in [6.07, 6.45) is -7.29. The Bertz CT molecular complexity index is 1020. The molecular weight excluding hydrogens is 374 g/mol. The smallest absolute Gasteiger partial charge is 0.264 e. The largest absolute Gasteiger partial charge is 0.433 e. The highest BCUT2D eigenvalue weighted by molar-refractivity contribution is 5.80. The number of hydrogen-bond donors (Lipinski definition) is 0. The Balaban J connectivity index is 2.24. The molecule has 0 bridgehead atoms. The SMILES string of the molecule is N#CC(c1cccnc1)c1ccc2c(C(F)(F)F)cc(C(F)(F)F)nc2n1. The lowest BCUT2D eigenvalue weighted by molar-refractivity contribution is -0.144. The molecule has 3 heterocycles. The third kappa shape index (κ3) is 3.67. The molecule has 0 aliphatic rings. The van der Waals surface area contributed by atoms with Crippen LogP contribution in [0.3, 0.4) is 0 Å². The molecule has 0 amide bonds. The van der Waals surface area contributed by atoms with Crippen LogP contribution in [0.1, 0.15) is 28.4 Å². The Morgan fingerprint density at radius 1 is 0.963 bits per heavy atom. The molecule has 1 unspecified atom stereocenters. The summed E-state index contributed by atoms with van der Waals surface area (Å²) in [4.78, 5) is 10.9. The third-order valence-electron chi connectivity index (χ3n) is 3.73. The van der Waals surface area contributed by atoms with Crippen LogP contribution in [0.5, 0.6) is 0 Å². The number of nitrogens with zero attached hydrogens (tertiary/aromatic N) is 4. The van der Waals surface area contributed by atoms with E-state index in [1.165, 1.54) is 12.4 Å². The number of rotatable bonds is 2. The van der Waals surface area contributed by atoms with Gasteiger partial charge in [-0.3, -0.25) is 4.98 Å². The van der Waals surface area contributed by atoms with E-state index in [4.69, 9.17) is 0 Å². The highest BCUT2D eigenvalue weighted by Crippen LogP contribution is 2.38. The van der Waals surface area contributed by atoms with Gasteiger partial charge < -0.3 is 0 Å². The minimum Gasteiger partial charge on any atom is -0.264 e. The van der Waals surface area contributed by atoms with Gasteiger partial charge in [-0.1, -0.05) is 6.07 Å². The van der Waals surface area contributed by atoms with E-state index in [-0.39, 0.29) is 11.8 Å². The van der Waals surface area contributed by atoms with Crippen LogP contribution in [0, 0.1) is 11.3 Å². The number of nitriles is 1. The predicted octanol–water partition coefficient (Wildman–Crippen LogP) is 4.72. The highest BCUT2D eigenvalue weighted by atomic mass is 19.4. The molecule has 10 heteroatoms. The van der Waals surface area contributed by atoms with E-state index < -0.39 is 40.6 Å². The van der Waals surface area contributed by atoms with Crippen LogP contribution in [0.2, 0.25) is 0 Å². The quantitative estimate of drug-likeness (QED) is 0.602. The maximum absolute atomic E-state index is 13.2. The molecule has 0 aliphatic heterocycles. The van der Waals surface area contributed by atoms with E-state index in [0.717, 1.165) is 12.1 Å². The molecule has 0 aromatic carbocycles. The van der Waals surface area contributed by atoms with Crippen LogP contribution in [-0.2, 0) is 12.4 Å². The molecule has 3 aromatic heterocycles. The van der Waals surface area contributed by atoms with Crippen molar-refractivity contribution in [3.63, 3.8) is 0 Å². The van der Waals surface area contributed by atoms with Crippen molar-refractivity contribution >= 4 is 11.0 Å². The lowest BCUT2D eigenvalue weighted by atomic mass is 9.97. The van der Waals surface area contributed by atoms with E-state index >= 15 is 0 Å². The van der Waals surface area contributed by atoms with Crippen LogP contribution in [0.15, 0.2) is 42.7 Å². The molecule has 4 nitrogen and oxygen atoms in total. The molecule has 0 fully saturated rings. The van der Waals surface area contributed by atoms with Crippen molar-refractivity contribution < 1.29 is 26.3 Å². The molecule has 27 heavy (non-hydrogen) atoms. The number of halogens is 6. The van der Waals surface area contributed by atoms with Crippen molar-refractivity contribution in [2.75, 3.05) is 0 Å². The van der Waals surface area contributed by atoms with Gasteiger partial charge in [0.05, 0.1) is 17.3 Å². The maximum atomic E-state index is 13.2. The van der Waals surface area contributed by atoms with Gasteiger partial charge in [0.1, 0.15) is 11.6 Å². The fourth-order valence-corrected chi connectivity index (χ4v) is 2.52. The van der Waals surface area contributed by atoms with Crippen molar-refractivity contribution in [2.24, 2.45) is 0 Å². The maximum Gasteiger partial charge on any atom is 0.433 e. The molecule has 3 aromatic rings. The van der Waals surface area contributed by atoms with E-state index in [9.17, 15) is 31.6 Å². The summed E-state index contributed by atoms with van der Waals surface area (Å²) in [7, 11) is 0. The zero-order valence-corrected chi connectivity index (χ0v) is 13.2. The summed E-state index contributed by atoms with van der Waals surface area (Å²) in [5.74, 6) is -1.02. The first-order chi connectivity index (χ1) is 12.6. The second-order valence-electron chi connectivity index (χ2n) is 5.51. The van der Waals surface area contributed by atoms with Gasteiger partial charge in [-0.15, -0.1) is 0 Å². The number of hydrogen-bond acceptors (Lipinski definition) is 4. The molecule has 0 saturated heterocycles. The van der Waals surface area contributed by atoms with Gasteiger partial charge in [0.25, 0.3) is 0 Å². The van der Waals surface area contributed by atoms with Crippen LogP contribution in [-0.4, -0.2) is 15.0 Å². The average Bonchev–Trinajstić information content (AvgIpc) is 2.60. The standard InChI is InChI=1S/C17H8F6N4/c18-16(19,20)12-6-14(17(21,22)23)27-15-10(12)3-4-13(26-15)11(7-24)9-2-1-5-25-8-9/h1-6,8,11H. The Hall–Kier alpha value is -3.22. The summed E-state index contributed by atoms with van der Waals surface area (Å²) in [6.45, 7) is 0. The fourth-order valence-electron chi connectivity index (χ4n) is 2.52. The van der Waals surface area contributed by atoms with Gasteiger partial charge in [-0.05, 0) is 29.8 Å². The minimum absolute atomic E-state index is 0.0297. The summed E-state index contributed by atoms with van der Waals surface area (Å²) < 4.78 is 78.4. The zero-order valence-electron chi connectivity index (χ0n) is 13.2. The first-order valence-electron chi connectivity index (χ1n) is 7.37. The molecule has 0 aliphatic carbocycles. The van der Waals surface area contributed by atoms with Crippen molar-refractivity contribution in [1.29, 1.82) is 5.26 Å². The number of fused-ring (bicyclic) bond motifs is 1. The lowest BCUT2D eigenvalue weighted by Gasteiger charge is -2.15. The molecular formula is C17H8F6N4. The van der Waals surface area contributed by atoms with Crippen molar-refractivity contribution in [2.45, 2.75) is 18.3 Å². The summed E-state index contributed by atoms with van der Waals surface area (Å²) in [6, 6.07) is 7.09. The van der Waals surface area contributed by atoms with Crippen LogP contribution < -0.4 is 0 Å². The topological polar surface area (TPSA) is 62.5 Å². The number of alkyl halides is 6. The fraction of sp³-hybridized carbons (Fsp3) is 0.176. The molecule has 0 spiro atoms. The second kappa shape index (κ2) is 6.50. The highest BCUT2D eigenvalue weighted by Gasteiger charge is 2.39. The molecule has 0 radical (unpaired) electrons. The van der Waals surface area contributed by atoms with E-state index in [0.29, 0.717) is 5.56 Å². The van der Waals surface area contributed by atoms with Crippen LogP contribution >= 0.6 is 0 Å². The van der Waals surface area contributed by atoms with Gasteiger partial charge in [0.2, 0.25) is 0 Å². The molecule has 0 saturated carbocycles. The van der Waals surface area contributed by atoms with Crippen LogP contribution in [0.4, 0.5) is 26.3 Å². The van der Waals surface area contributed by atoms with Gasteiger partial charge in [-0.2, -0.15) is 31.6 Å². The first-order valence-corrected chi connectivity index (χ1v) is 7.37. The van der Waals surface area contributed by atoms with Gasteiger partial charge >= 0.3 is 12.4 Å². The van der Waals surface area contributed by atoms with E-state index in [1.807, 2.05) is 6.07 Å². The Morgan fingerprint density at radius 3 is 2.26 bits per heavy atom. The monoisotopic (exact) mass is 382 g/mol. The molecule has 1 atom stereocenters. The normalized spacial score (nSPS) is 13.4. The Labute approximate surface area is 148 Å². The van der Waals surface area contributed by atoms with E-state index in [2.05, 4.69) is 15.0 Å². The van der Waals surface area contributed by atoms with Gasteiger partial charge in [-0.25, -0.2) is 9.97 Å².